The first-order valence-electron chi connectivity index (χ1n) is 12.0. The number of hydrogen-bond acceptors (Lipinski definition) is 7. The number of ether oxygens (including phenoxy) is 1. The minimum atomic E-state index is -0.459. The number of allylic oxidation sites excluding steroid dienone is 1. The summed E-state index contributed by atoms with van der Waals surface area (Å²) in [5, 5.41) is 2.69. The van der Waals surface area contributed by atoms with Gasteiger partial charge in [0.15, 0.2) is 5.17 Å². The second-order valence-corrected chi connectivity index (χ2v) is 10.0. The number of nitrogens with zero attached hydrogens (tertiary/aromatic N) is 4. The standard InChI is InChI=1S/C27H32N4O4S/c1-6-13-35-26(34)24-19(4)28-27-31(25(24)22-8-7-17(2)14-18(22)3)21(16-36-27)15-23(33)30-11-9-29(10-12-30)20(5)32/h6-8,14,16,25H,1,9-13,15H2,2-5H3. The highest BCUT2D eigenvalue weighted by Gasteiger charge is 2.42. The van der Waals surface area contributed by atoms with Gasteiger partial charge in [-0.3, -0.25) is 9.59 Å². The summed E-state index contributed by atoms with van der Waals surface area (Å²) >= 11 is 1.46. The first-order valence-corrected chi connectivity index (χ1v) is 12.9. The lowest BCUT2D eigenvalue weighted by molar-refractivity contribution is -0.138. The van der Waals surface area contributed by atoms with Crippen LogP contribution in [0.4, 0.5) is 0 Å². The minimum absolute atomic E-state index is 0.00672. The molecule has 1 aromatic rings. The highest BCUT2D eigenvalue weighted by Crippen LogP contribution is 2.45. The number of hydrogen-bond donors (Lipinski definition) is 0. The Morgan fingerprint density at radius 3 is 2.47 bits per heavy atom. The van der Waals surface area contributed by atoms with E-state index in [1.807, 2.05) is 43.2 Å². The van der Waals surface area contributed by atoms with Crippen LogP contribution in [0.25, 0.3) is 0 Å². The molecule has 2 amide bonds. The number of amidine groups is 1. The van der Waals surface area contributed by atoms with Gasteiger partial charge in [-0.05, 0) is 37.3 Å². The van der Waals surface area contributed by atoms with Crippen molar-refractivity contribution in [3.05, 3.63) is 69.9 Å². The van der Waals surface area contributed by atoms with Gasteiger partial charge in [0.05, 0.1) is 23.7 Å². The topological polar surface area (TPSA) is 82.5 Å². The van der Waals surface area contributed by atoms with E-state index in [9.17, 15) is 14.4 Å². The van der Waals surface area contributed by atoms with E-state index in [0.29, 0.717) is 37.4 Å². The van der Waals surface area contributed by atoms with Crippen molar-refractivity contribution in [1.82, 2.24) is 14.7 Å². The van der Waals surface area contributed by atoms with Gasteiger partial charge in [-0.15, -0.1) is 0 Å². The van der Waals surface area contributed by atoms with Crippen LogP contribution in [0, 0.1) is 13.8 Å². The predicted octanol–water partition coefficient (Wildman–Crippen LogP) is 3.69. The number of amides is 2. The van der Waals surface area contributed by atoms with Gasteiger partial charge in [-0.25, -0.2) is 9.79 Å². The van der Waals surface area contributed by atoms with E-state index in [-0.39, 0.29) is 24.8 Å². The molecule has 1 saturated heterocycles. The van der Waals surface area contributed by atoms with Crippen molar-refractivity contribution in [3.8, 4) is 0 Å². The zero-order valence-corrected chi connectivity index (χ0v) is 22.1. The third kappa shape index (κ3) is 5.11. The van der Waals surface area contributed by atoms with E-state index in [4.69, 9.17) is 9.73 Å². The van der Waals surface area contributed by atoms with Gasteiger partial charge in [0, 0.05) is 38.8 Å². The van der Waals surface area contributed by atoms with E-state index >= 15 is 0 Å². The highest BCUT2D eigenvalue weighted by molar-refractivity contribution is 8.16. The Kier molecular flexibility index (Phi) is 7.68. The third-order valence-electron chi connectivity index (χ3n) is 6.68. The van der Waals surface area contributed by atoms with Crippen LogP contribution >= 0.6 is 11.8 Å². The molecule has 3 heterocycles. The van der Waals surface area contributed by atoms with Crippen molar-refractivity contribution >= 4 is 34.7 Å². The predicted molar refractivity (Wildman–Crippen MR) is 141 cm³/mol. The molecule has 1 fully saturated rings. The molecule has 0 spiro atoms. The van der Waals surface area contributed by atoms with Crippen molar-refractivity contribution < 1.29 is 19.1 Å². The van der Waals surface area contributed by atoms with Crippen LogP contribution in [0.2, 0.25) is 0 Å². The molecule has 0 N–H and O–H groups in total. The molecule has 1 unspecified atom stereocenters. The number of aliphatic imine (C=N–C) groups is 1. The summed E-state index contributed by atoms with van der Waals surface area (Å²) in [6.45, 7) is 13.3. The summed E-state index contributed by atoms with van der Waals surface area (Å²) < 4.78 is 5.46. The molecule has 9 heteroatoms. The molecule has 4 rings (SSSR count). The summed E-state index contributed by atoms with van der Waals surface area (Å²) in [6.07, 6.45) is 1.72. The van der Waals surface area contributed by atoms with Crippen molar-refractivity contribution in [2.75, 3.05) is 32.8 Å². The lowest BCUT2D eigenvalue weighted by Gasteiger charge is -2.38. The zero-order chi connectivity index (χ0) is 26.0. The van der Waals surface area contributed by atoms with Crippen LogP contribution in [0.1, 0.15) is 43.0 Å². The highest BCUT2D eigenvalue weighted by atomic mass is 32.2. The van der Waals surface area contributed by atoms with E-state index in [1.165, 1.54) is 11.8 Å². The summed E-state index contributed by atoms with van der Waals surface area (Å²) in [5.41, 5.74) is 5.01. The lowest BCUT2D eigenvalue weighted by Crippen LogP contribution is -2.50. The first kappa shape index (κ1) is 25.8. The van der Waals surface area contributed by atoms with Crippen LogP contribution < -0.4 is 0 Å². The van der Waals surface area contributed by atoms with Gasteiger partial charge < -0.3 is 19.4 Å². The largest absolute Gasteiger partial charge is 0.458 e. The van der Waals surface area contributed by atoms with Crippen LogP contribution in [0.3, 0.4) is 0 Å². The second kappa shape index (κ2) is 10.7. The van der Waals surface area contributed by atoms with Gasteiger partial charge in [-0.1, -0.05) is 48.2 Å². The first-order chi connectivity index (χ1) is 17.2. The molecule has 3 aliphatic rings. The molecule has 0 aliphatic carbocycles. The Labute approximate surface area is 216 Å². The molecule has 1 aromatic carbocycles. The number of carbonyl (C=O) groups excluding carboxylic acids is 3. The normalized spacial score (nSPS) is 19.6. The smallest absolute Gasteiger partial charge is 0.338 e. The van der Waals surface area contributed by atoms with Gasteiger partial charge in [0.25, 0.3) is 0 Å². The zero-order valence-electron chi connectivity index (χ0n) is 21.2. The van der Waals surface area contributed by atoms with Gasteiger partial charge >= 0.3 is 5.97 Å². The summed E-state index contributed by atoms with van der Waals surface area (Å²) in [7, 11) is 0. The van der Waals surface area contributed by atoms with Crippen molar-refractivity contribution in [1.29, 1.82) is 0 Å². The molecule has 36 heavy (non-hydrogen) atoms. The van der Waals surface area contributed by atoms with Crippen molar-refractivity contribution in [2.24, 2.45) is 4.99 Å². The maximum atomic E-state index is 13.3. The van der Waals surface area contributed by atoms with Crippen LogP contribution in [-0.2, 0) is 19.1 Å². The number of rotatable bonds is 6. The van der Waals surface area contributed by atoms with E-state index in [0.717, 1.165) is 27.6 Å². The van der Waals surface area contributed by atoms with Crippen LogP contribution in [0.5, 0.6) is 0 Å². The Balaban J connectivity index is 1.64. The van der Waals surface area contributed by atoms with Crippen molar-refractivity contribution in [2.45, 2.75) is 40.2 Å². The van der Waals surface area contributed by atoms with Gasteiger partial charge in [0.1, 0.15) is 6.61 Å². The molecule has 0 saturated carbocycles. The third-order valence-corrected chi connectivity index (χ3v) is 7.57. The molecule has 1 atom stereocenters. The fraction of sp³-hybridized carbons (Fsp3) is 0.407. The number of esters is 1. The number of piperazine rings is 1. The maximum Gasteiger partial charge on any atom is 0.338 e. The Bertz CT molecular complexity index is 1190. The lowest BCUT2D eigenvalue weighted by atomic mass is 9.90. The van der Waals surface area contributed by atoms with E-state index in [1.54, 1.807) is 22.8 Å². The van der Waals surface area contributed by atoms with E-state index in [2.05, 4.69) is 12.6 Å². The number of aryl methyl sites for hydroxylation is 2. The molecule has 0 aromatic heterocycles. The fourth-order valence-corrected chi connectivity index (χ4v) is 5.77. The number of benzene rings is 1. The minimum Gasteiger partial charge on any atom is -0.458 e. The summed E-state index contributed by atoms with van der Waals surface area (Å²) in [6, 6.07) is 5.70. The molecule has 8 nitrogen and oxygen atoms in total. The SMILES string of the molecule is C=CCOC(=O)C1=C(C)N=C2SC=C(CC(=O)N3CCN(C(C)=O)CC3)N2C1c1ccc(C)cc1C. The summed E-state index contributed by atoms with van der Waals surface area (Å²) in [4.78, 5) is 48.4. The molecular weight excluding hydrogens is 476 g/mol. The molecule has 3 aliphatic heterocycles. The fourth-order valence-electron chi connectivity index (χ4n) is 4.81. The van der Waals surface area contributed by atoms with Crippen LogP contribution in [0.15, 0.2) is 58.2 Å². The van der Waals surface area contributed by atoms with Gasteiger partial charge in [0.2, 0.25) is 11.8 Å². The quantitative estimate of drug-likeness (QED) is 0.431. The maximum absolute atomic E-state index is 13.3. The molecule has 0 radical (unpaired) electrons. The number of thioether (sulfide) groups is 1. The second-order valence-electron chi connectivity index (χ2n) is 9.20. The average Bonchev–Trinajstić information content (AvgIpc) is 3.23. The van der Waals surface area contributed by atoms with E-state index < -0.39 is 12.0 Å². The van der Waals surface area contributed by atoms with Crippen molar-refractivity contribution in [3.63, 3.8) is 0 Å². The Hall–Kier alpha value is -3.33. The number of carbonyl (C=O) groups is 3. The van der Waals surface area contributed by atoms with Gasteiger partial charge in [-0.2, -0.15) is 0 Å². The van der Waals surface area contributed by atoms with Crippen LogP contribution in [-0.4, -0.2) is 70.4 Å². The average molecular weight is 509 g/mol. The Morgan fingerprint density at radius 2 is 1.83 bits per heavy atom. The number of fused-ring (bicyclic) bond motifs is 1. The molecule has 0 bridgehead atoms. The molecular formula is C27H32N4O4S. The molecule has 190 valence electrons. The monoisotopic (exact) mass is 508 g/mol. The summed E-state index contributed by atoms with van der Waals surface area (Å²) in [5.74, 6) is -0.420. The Morgan fingerprint density at radius 1 is 1.14 bits per heavy atom.